The lowest BCUT2D eigenvalue weighted by molar-refractivity contribution is 0.407. The van der Waals surface area contributed by atoms with E-state index >= 15 is 0 Å². The summed E-state index contributed by atoms with van der Waals surface area (Å²) >= 11 is 0. The highest BCUT2D eigenvalue weighted by Crippen LogP contribution is 2.42. The zero-order valence-corrected chi connectivity index (χ0v) is 15.6. The number of hydrogen-bond donors (Lipinski definition) is 1. The normalized spacial score (nSPS) is 16.1. The third-order valence-corrected chi connectivity index (χ3v) is 4.68. The molecule has 2 rings (SSSR count). The van der Waals surface area contributed by atoms with Gasteiger partial charge in [-0.05, 0) is 45.4 Å². The number of methoxy groups -OCH3 is 1. The highest BCUT2D eigenvalue weighted by Gasteiger charge is 2.31. The van der Waals surface area contributed by atoms with Gasteiger partial charge in [-0.2, -0.15) is 0 Å². The summed E-state index contributed by atoms with van der Waals surface area (Å²) in [6.07, 6.45) is 4.81. The Labute approximate surface area is 141 Å². The van der Waals surface area contributed by atoms with Crippen molar-refractivity contribution in [1.82, 2.24) is 5.32 Å². The summed E-state index contributed by atoms with van der Waals surface area (Å²) in [7, 11) is 1.77. The molecule has 0 saturated heterocycles. The molecule has 3 nitrogen and oxygen atoms in total. The van der Waals surface area contributed by atoms with Crippen molar-refractivity contribution in [1.29, 1.82) is 0 Å². The van der Waals surface area contributed by atoms with Gasteiger partial charge in [0.2, 0.25) is 0 Å². The topological polar surface area (TPSA) is 24.5 Å². The average molecular weight is 316 g/mol. The molecule has 128 valence electrons. The molecule has 0 unspecified atom stereocenters. The zero-order chi connectivity index (χ0) is 17.0. The van der Waals surface area contributed by atoms with E-state index in [0.29, 0.717) is 0 Å². The van der Waals surface area contributed by atoms with E-state index in [1.165, 1.54) is 35.2 Å². The molecule has 1 aromatic rings. The summed E-state index contributed by atoms with van der Waals surface area (Å²) in [6.45, 7) is 14.1. The fraction of sp³-hybridized carbons (Fsp3) is 0.600. The summed E-state index contributed by atoms with van der Waals surface area (Å²) < 4.78 is 5.68. The number of fused-ring (bicyclic) bond motifs is 1. The van der Waals surface area contributed by atoms with E-state index in [9.17, 15) is 0 Å². The van der Waals surface area contributed by atoms with Crippen molar-refractivity contribution in [3.63, 3.8) is 0 Å². The average Bonchev–Trinajstić information content (AvgIpc) is 2.51. The molecule has 23 heavy (non-hydrogen) atoms. The maximum Gasteiger partial charge on any atom is 0.125 e. The SMILES string of the molecule is CCCCN1c2cc(OC)c(CNCC)cc2C(C)=CC1(C)C. The van der Waals surface area contributed by atoms with Gasteiger partial charge in [0.05, 0.1) is 12.6 Å². The van der Waals surface area contributed by atoms with Gasteiger partial charge in [-0.15, -0.1) is 0 Å². The van der Waals surface area contributed by atoms with Crippen LogP contribution in [0.1, 0.15) is 58.6 Å². The quantitative estimate of drug-likeness (QED) is 0.795. The molecule has 1 aliphatic rings. The van der Waals surface area contributed by atoms with Crippen molar-refractivity contribution in [3.05, 3.63) is 29.3 Å². The van der Waals surface area contributed by atoms with Gasteiger partial charge in [-0.25, -0.2) is 0 Å². The smallest absolute Gasteiger partial charge is 0.125 e. The van der Waals surface area contributed by atoms with E-state index in [4.69, 9.17) is 4.74 Å². The number of rotatable bonds is 7. The third-order valence-electron chi connectivity index (χ3n) is 4.68. The first-order chi connectivity index (χ1) is 10.9. The first kappa shape index (κ1) is 17.9. The van der Waals surface area contributed by atoms with Crippen LogP contribution in [-0.2, 0) is 6.54 Å². The van der Waals surface area contributed by atoms with E-state index in [2.05, 4.69) is 63.0 Å². The van der Waals surface area contributed by atoms with Crippen LogP contribution in [0.2, 0.25) is 0 Å². The van der Waals surface area contributed by atoms with Crippen LogP contribution in [0.5, 0.6) is 5.75 Å². The van der Waals surface area contributed by atoms with Gasteiger partial charge in [0.1, 0.15) is 5.75 Å². The Hall–Kier alpha value is -1.48. The maximum atomic E-state index is 5.68. The molecule has 0 fully saturated rings. The second-order valence-corrected chi connectivity index (χ2v) is 6.95. The summed E-state index contributed by atoms with van der Waals surface area (Å²) in [5.74, 6) is 0.983. The Balaban J connectivity index is 2.50. The number of anilines is 1. The lowest BCUT2D eigenvalue weighted by Gasteiger charge is -2.43. The van der Waals surface area contributed by atoms with Crippen LogP contribution in [-0.4, -0.2) is 25.7 Å². The molecule has 0 saturated carbocycles. The van der Waals surface area contributed by atoms with Crippen LogP contribution in [0.3, 0.4) is 0 Å². The van der Waals surface area contributed by atoms with Crippen molar-refractivity contribution >= 4 is 11.3 Å². The third kappa shape index (κ3) is 3.72. The number of unbranched alkanes of at least 4 members (excludes halogenated alkanes) is 1. The monoisotopic (exact) mass is 316 g/mol. The minimum atomic E-state index is 0.0421. The van der Waals surface area contributed by atoms with E-state index in [-0.39, 0.29) is 5.54 Å². The van der Waals surface area contributed by atoms with Crippen LogP contribution >= 0.6 is 0 Å². The summed E-state index contributed by atoms with van der Waals surface area (Å²) in [5.41, 5.74) is 5.28. The van der Waals surface area contributed by atoms with Gasteiger partial charge >= 0.3 is 0 Å². The highest BCUT2D eigenvalue weighted by molar-refractivity contribution is 5.82. The highest BCUT2D eigenvalue weighted by atomic mass is 16.5. The van der Waals surface area contributed by atoms with Gasteiger partial charge in [0, 0.05) is 36.0 Å². The number of allylic oxidation sites excluding steroid dienone is 1. The van der Waals surface area contributed by atoms with Gasteiger partial charge < -0.3 is 15.0 Å². The number of nitrogens with zero attached hydrogens (tertiary/aromatic N) is 1. The van der Waals surface area contributed by atoms with Crippen molar-refractivity contribution in [3.8, 4) is 5.75 Å². The van der Waals surface area contributed by atoms with Crippen LogP contribution in [0.25, 0.3) is 5.57 Å². The molecule has 0 aromatic heterocycles. The molecule has 0 spiro atoms. The van der Waals surface area contributed by atoms with Crippen molar-refractivity contribution in [2.75, 3.05) is 25.1 Å². The summed E-state index contributed by atoms with van der Waals surface area (Å²) in [5, 5.41) is 3.41. The molecule has 1 N–H and O–H groups in total. The standard InChI is InChI=1S/C20H32N2O/c1-7-9-10-22-18-12-19(23-6)16(14-21-8-2)11-17(18)15(3)13-20(22,4)5/h11-13,21H,7-10,14H2,1-6H3. The lowest BCUT2D eigenvalue weighted by Crippen LogP contribution is -2.45. The first-order valence-corrected chi connectivity index (χ1v) is 8.83. The first-order valence-electron chi connectivity index (χ1n) is 8.83. The molecule has 0 atom stereocenters. The molecule has 3 heteroatoms. The molecule has 0 bridgehead atoms. The van der Waals surface area contributed by atoms with Crippen LogP contribution in [0.15, 0.2) is 18.2 Å². The van der Waals surface area contributed by atoms with Crippen LogP contribution in [0, 0.1) is 0 Å². The minimum absolute atomic E-state index is 0.0421. The number of benzene rings is 1. The fourth-order valence-electron chi connectivity index (χ4n) is 3.46. The van der Waals surface area contributed by atoms with Crippen molar-refractivity contribution in [2.24, 2.45) is 0 Å². The van der Waals surface area contributed by atoms with Crippen molar-refractivity contribution < 1.29 is 4.74 Å². The maximum absolute atomic E-state index is 5.68. The minimum Gasteiger partial charge on any atom is -0.496 e. The van der Waals surface area contributed by atoms with Gasteiger partial charge in [-0.1, -0.05) is 26.3 Å². The van der Waals surface area contributed by atoms with Crippen LogP contribution < -0.4 is 15.0 Å². The number of ether oxygens (including phenoxy) is 1. The Morgan fingerprint density at radius 1 is 1.22 bits per heavy atom. The Bertz CT molecular complexity index is 575. The Kier molecular flexibility index (Phi) is 5.74. The molecule has 1 aliphatic heterocycles. The predicted molar refractivity (Wildman–Crippen MR) is 100 cm³/mol. The molecular weight excluding hydrogens is 284 g/mol. The second kappa shape index (κ2) is 7.39. The number of nitrogens with one attached hydrogen (secondary N) is 1. The second-order valence-electron chi connectivity index (χ2n) is 6.95. The van der Waals surface area contributed by atoms with Gasteiger partial charge in [-0.3, -0.25) is 0 Å². The fourth-order valence-corrected chi connectivity index (χ4v) is 3.46. The lowest BCUT2D eigenvalue weighted by atomic mass is 9.87. The van der Waals surface area contributed by atoms with Gasteiger partial charge in [0.15, 0.2) is 0 Å². The van der Waals surface area contributed by atoms with Gasteiger partial charge in [0.25, 0.3) is 0 Å². The zero-order valence-electron chi connectivity index (χ0n) is 15.6. The molecule has 1 heterocycles. The largest absolute Gasteiger partial charge is 0.496 e. The molecular formula is C20H32N2O. The van der Waals surface area contributed by atoms with E-state index < -0.39 is 0 Å². The molecule has 0 aliphatic carbocycles. The molecule has 0 radical (unpaired) electrons. The Morgan fingerprint density at radius 3 is 2.57 bits per heavy atom. The van der Waals surface area contributed by atoms with Crippen LogP contribution in [0.4, 0.5) is 5.69 Å². The van der Waals surface area contributed by atoms with E-state index in [1.54, 1.807) is 7.11 Å². The van der Waals surface area contributed by atoms with E-state index in [1.807, 2.05) is 0 Å². The molecule has 1 aromatic carbocycles. The predicted octanol–water partition coefficient (Wildman–Crippen LogP) is 4.61. The van der Waals surface area contributed by atoms with E-state index in [0.717, 1.165) is 25.4 Å². The summed E-state index contributed by atoms with van der Waals surface area (Å²) in [4.78, 5) is 2.53. The van der Waals surface area contributed by atoms with Crippen molar-refractivity contribution in [2.45, 2.75) is 59.5 Å². The number of hydrogen-bond acceptors (Lipinski definition) is 3. The summed E-state index contributed by atoms with van der Waals surface area (Å²) in [6, 6.07) is 4.53. The Morgan fingerprint density at radius 2 is 1.96 bits per heavy atom. The molecule has 0 amide bonds.